The number of carbonyl (C=O) groups is 3. The van der Waals surface area contributed by atoms with E-state index in [2.05, 4.69) is 21.2 Å². The average molecular weight is 438 g/mol. The number of hydrogen-bond acceptors (Lipinski definition) is 6. The first-order chi connectivity index (χ1) is 12.9. The molecule has 7 nitrogen and oxygen atoms in total. The number of amides is 1. The SMILES string of the molecule is CCOC(=O)c1c(C)oc(NC(=O)Cc2ccc(Br)cc2)c1C(=O)OCC. The molecule has 1 heterocycles. The molecule has 1 aromatic carbocycles. The lowest BCUT2D eigenvalue weighted by atomic mass is 10.1. The minimum atomic E-state index is -0.767. The molecule has 0 saturated carbocycles. The third kappa shape index (κ3) is 5.19. The van der Waals surface area contributed by atoms with Crippen LogP contribution < -0.4 is 5.32 Å². The molecule has 1 N–H and O–H groups in total. The van der Waals surface area contributed by atoms with E-state index in [4.69, 9.17) is 13.9 Å². The molecule has 2 aromatic rings. The van der Waals surface area contributed by atoms with Gasteiger partial charge in [-0.15, -0.1) is 0 Å². The summed E-state index contributed by atoms with van der Waals surface area (Å²) in [5.41, 5.74) is 0.591. The zero-order valence-electron chi connectivity index (χ0n) is 15.3. The van der Waals surface area contributed by atoms with Crippen LogP contribution in [0, 0.1) is 6.92 Å². The van der Waals surface area contributed by atoms with Gasteiger partial charge in [0.15, 0.2) is 0 Å². The summed E-state index contributed by atoms with van der Waals surface area (Å²) in [5.74, 6) is -1.84. The number of benzene rings is 1. The van der Waals surface area contributed by atoms with Gasteiger partial charge in [0.2, 0.25) is 11.8 Å². The zero-order chi connectivity index (χ0) is 20.0. The lowest BCUT2D eigenvalue weighted by molar-refractivity contribution is -0.115. The van der Waals surface area contributed by atoms with E-state index in [0.717, 1.165) is 10.0 Å². The van der Waals surface area contributed by atoms with Crippen molar-refractivity contribution >= 4 is 39.7 Å². The van der Waals surface area contributed by atoms with E-state index in [-0.39, 0.29) is 42.4 Å². The van der Waals surface area contributed by atoms with Gasteiger partial charge in [0.05, 0.1) is 19.6 Å². The van der Waals surface area contributed by atoms with Crippen LogP contribution in [0.1, 0.15) is 45.9 Å². The monoisotopic (exact) mass is 437 g/mol. The lowest BCUT2D eigenvalue weighted by Gasteiger charge is -2.07. The highest BCUT2D eigenvalue weighted by Gasteiger charge is 2.31. The second-order valence-corrected chi connectivity index (χ2v) is 6.45. The maximum atomic E-state index is 12.4. The fourth-order valence-corrected chi connectivity index (χ4v) is 2.70. The number of hydrogen-bond donors (Lipinski definition) is 1. The van der Waals surface area contributed by atoms with E-state index in [1.807, 2.05) is 12.1 Å². The molecule has 0 unspecified atom stereocenters. The minimum Gasteiger partial charge on any atom is -0.462 e. The van der Waals surface area contributed by atoms with Crippen LogP contribution in [0.2, 0.25) is 0 Å². The first kappa shape index (κ1) is 20.7. The Hall–Kier alpha value is -2.61. The van der Waals surface area contributed by atoms with Gasteiger partial charge in [-0.05, 0) is 38.5 Å². The van der Waals surface area contributed by atoms with Crippen LogP contribution in [-0.2, 0) is 20.7 Å². The van der Waals surface area contributed by atoms with Gasteiger partial charge in [0, 0.05) is 4.47 Å². The molecule has 0 atom stereocenters. The van der Waals surface area contributed by atoms with Gasteiger partial charge in [-0.3, -0.25) is 10.1 Å². The maximum absolute atomic E-state index is 12.4. The number of carbonyl (C=O) groups excluding carboxylic acids is 3. The first-order valence-electron chi connectivity index (χ1n) is 8.39. The quantitative estimate of drug-likeness (QED) is 0.660. The molecule has 2 rings (SSSR count). The molecule has 0 aliphatic carbocycles. The van der Waals surface area contributed by atoms with Gasteiger partial charge in [0.1, 0.15) is 16.9 Å². The molecule has 0 fully saturated rings. The molecule has 0 aliphatic rings. The topological polar surface area (TPSA) is 94.8 Å². The van der Waals surface area contributed by atoms with Crippen LogP contribution >= 0.6 is 15.9 Å². The largest absolute Gasteiger partial charge is 0.462 e. The summed E-state index contributed by atoms with van der Waals surface area (Å²) in [4.78, 5) is 36.9. The third-order valence-corrected chi connectivity index (χ3v) is 4.10. The number of aryl methyl sites for hydroxylation is 1. The Morgan fingerprint density at radius 2 is 1.56 bits per heavy atom. The number of anilines is 1. The fourth-order valence-electron chi connectivity index (χ4n) is 2.44. The predicted octanol–water partition coefficient (Wildman–Crippen LogP) is 3.89. The van der Waals surface area contributed by atoms with Crippen molar-refractivity contribution in [3.05, 3.63) is 51.2 Å². The van der Waals surface area contributed by atoms with Crippen molar-refractivity contribution < 1.29 is 28.3 Å². The lowest BCUT2D eigenvalue weighted by Crippen LogP contribution is -2.18. The molecule has 0 saturated heterocycles. The third-order valence-electron chi connectivity index (χ3n) is 3.57. The van der Waals surface area contributed by atoms with Crippen LogP contribution in [0.15, 0.2) is 33.2 Å². The molecule has 0 spiro atoms. The molecule has 1 aromatic heterocycles. The number of halogens is 1. The first-order valence-corrected chi connectivity index (χ1v) is 9.18. The predicted molar refractivity (Wildman–Crippen MR) is 102 cm³/mol. The van der Waals surface area contributed by atoms with E-state index >= 15 is 0 Å². The van der Waals surface area contributed by atoms with Crippen molar-refractivity contribution in [2.75, 3.05) is 18.5 Å². The number of esters is 2. The highest BCUT2D eigenvalue weighted by Crippen LogP contribution is 2.29. The van der Waals surface area contributed by atoms with E-state index in [0.29, 0.717) is 0 Å². The van der Waals surface area contributed by atoms with Gasteiger partial charge < -0.3 is 13.9 Å². The highest BCUT2D eigenvalue weighted by atomic mass is 79.9. The zero-order valence-corrected chi connectivity index (χ0v) is 16.8. The van der Waals surface area contributed by atoms with Crippen molar-refractivity contribution in [3.63, 3.8) is 0 Å². The number of rotatable bonds is 7. The molecule has 144 valence electrons. The van der Waals surface area contributed by atoms with Gasteiger partial charge in [-0.25, -0.2) is 9.59 Å². The van der Waals surface area contributed by atoms with E-state index in [1.54, 1.807) is 26.0 Å². The normalized spacial score (nSPS) is 10.4. The van der Waals surface area contributed by atoms with Crippen molar-refractivity contribution in [2.45, 2.75) is 27.2 Å². The molecular formula is C19H20BrNO6. The van der Waals surface area contributed by atoms with E-state index in [9.17, 15) is 14.4 Å². The minimum absolute atomic E-state index is 0.0470. The standard InChI is InChI=1S/C19H20BrNO6/c1-4-25-18(23)15-11(3)27-17(16(15)19(24)26-5-2)21-14(22)10-12-6-8-13(20)9-7-12/h6-9H,4-5,10H2,1-3H3,(H,21,22). The van der Waals surface area contributed by atoms with Gasteiger partial charge in [0.25, 0.3) is 0 Å². The smallest absolute Gasteiger partial charge is 0.344 e. The Morgan fingerprint density at radius 1 is 1.00 bits per heavy atom. The second-order valence-electron chi connectivity index (χ2n) is 5.53. The van der Waals surface area contributed by atoms with E-state index < -0.39 is 17.8 Å². The molecule has 1 amide bonds. The molecule has 0 aliphatic heterocycles. The molecule has 0 radical (unpaired) electrons. The van der Waals surface area contributed by atoms with Crippen molar-refractivity contribution in [1.82, 2.24) is 0 Å². The van der Waals surface area contributed by atoms with Gasteiger partial charge in [-0.2, -0.15) is 0 Å². The molecule has 0 bridgehead atoms. The Kier molecular flexibility index (Phi) is 7.18. The highest BCUT2D eigenvalue weighted by molar-refractivity contribution is 9.10. The molecule has 8 heteroatoms. The summed E-state index contributed by atoms with van der Waals surface area (Å²) in [6.07, 6.45) is 0.0734. The number of furan rings is 1. The van der Waals surface area contributed by atoms with Crippen molar-refractivity contribution in [1.29, 1.82) is 0 Å². The summed E-state index contributed by atoms with van der Waals surface area (Å²) >= 11 is 3.33. The van der Waals surface area contributed by atoms with Crippen LogP contribution in [0.4, 0.5) is 5.88 Å². The Labute approximate surface area is 165 Å². The Balaban J connectivity index is 2.30. The summed E-state index contributed by atoms with van der Waals surface area (Å²) in [5, 5.41) is 2.55. The number of nitrogens with one attached hydrogen (secondary N) is 1. The fraction of sp³-hybridized carbons (Fsp3) is 0.316. The Morgan fingerprint density at radius 3 is 2.11 bits per heavy atom. The maximum Gasteiger partial charge on any atom is 0.344 e. The summed E-state index contributed by atoms with van der Waals surface area (Å²) in [6, 6.07) is 7.24. The molecule has 27 heavy (non-hydrogen) atoms. The van der Waals surface area contributed by atoms with Crippen LogP contribution in [0.25, 0.3) is 0 Å². The van der Waals surface area contributed by atoms with Crippen molar-refractivity contribution in [3.8, 4) is 0 Å². The van der Waals surface area contributed by atoms with Gasteiger partial charge >= 0.3 is 11.9 Å². The van der Waals surface area contributed by atoms with Crippen LogP contribution in [-0.4, -0.2) is 31.1 Å². The number of ether oxygens (including phenoxy) is 2. The Bertz CT molecular complexity index is 841. The average Bonchev–Trinajstić information content (AvgIpc) is 2.93. The van der Waals surface area contributed by atoms with E-state index in [1.165, 1.54) is 6.92 Å². The van der Waals surface area contributed by atoms with Crippen LogP contribution in [0.3, 0.4) is 0 Å². The van der Waals surface area contributed by atoms with Gasteiger partial charge in [-0.1, -0.05) is 28.1 Å². The second kappa shape index (κ2) is 9.36. The van der Waals surface area contributed by atoms with Crippen LogP contribution in [0.5, 0.6) is 0 Å². The summed E-state index contributed by atoms with van der Waals surface area (Å²) < 4.78 is 16.3. The summed E-state index contributed by atoms with van der Waals surface area (Å²) in [6.45, 7) is 5.05. The summed E-state index contributed by atoms with van der Waals surface area (Å²) in [7, 11) is 0. The van der Waals surface area contributed by atoms with Crippen molar-refractivity contribution in [2.24, 2.45) is 0 Å². The molecular weight excluding hydrogens is 418 g/mol.